The highest BCUT2D eigenvalue weighted by atomic mass is 32.1. The molecule has 1 amide bonds. The Morgan fingerprint density at radius 3 is 3.12 bits per heavy atom. The molecule has 0 aliphatic heterocycles. The van der Waals surface area contributed by atoms with Crippen molar-refractivity contribution in [2.24, 2.45) is 0 Å². The van der Waals surface area contributed by atoms with Crippen molar-refractivity contribution in [3.63, 3.8) is 0 Å². The molecule has 0 radical (unpaired) electrons. The molecule has 1 heterocycles. The number of amides is 1. The van der Waals surface area contributed by atoms with Crippen molar-refractivity contribution in [2.75, 3.05) is 6.54 Å². The molecule has 17 heavy (non-hydrogen) atoms. The van der Waals surface area contributed by atoms with Gasteiger partial charge < -0.3 is 5.32 Å². The zero-order valence-corrected chi connectivity index (χ0v) is 10.6. The minimum Gasteiger partial charge on any atom is -0.356 e. The number of thiophene rings is 1. The average molecular weight is 245 g/mol. The van der Waals surface area contributed by atoms with Crippen LogP contribution in [0.2, 0.25) is 0 Å². The lowest BCUT2D eigenvalue weighted by molar-refractivity contribution is -0.118. The van der Waals surface area contributed by atoms with Crippen LogP contribution in [0.1, 0.15) is 18.9 Å². The fourth-order valence-corrected chi connectivity index (χ4v) is 2.46. The van der Waals surface area contributed by atoms with Crippen molar-refractivity contribution in [2.45, 2.75) is 13.3 Å². The van der Waals surface area contributed by atoms with Gasteiger partial charge in [0.25, 0.3) is 0 Å². The van der Waals surface area contributed by atoms with Crippen LogP contribution in [0.3, 0.4) is 0 Å². The van der Waals surface area contributed by atoms with Crippen LogP contribution in [0.4, 0.5) is 0 Å². The summed E-state index contributed by atoms with van der Waals surface area (Å²) in [4.78, 5) is 10.7. The van der Waals surface area contributed by atoms with Gasteiger partial charge in [0, 0.05) is 18.2 Å². The first-order chi connectivity index (χ1) is 8.25. The highest BCUT2D eigenvalue weighted by Crippen LogP contribution is 2.22. The molecule has 2 nitrogen and oxygen atoms in total. The van der Waals surface area contributed by atoms with E-state index in [0.717, 1.165) is 6.42 Å². The highest BCUT2D eigenvalue weighted by molar-refractivity contribution is 7.17. The summed E-state index contributed by atoms with van der Waals surface area (Å²) < 4.78 is 1.31. The van der Waals surface area contributed by atoms with Gasteiger partial charge >= 0.3 is 0 Å². The van der Waals surface area contributed by atoms with E-state index in [1.165, 1.54) is 22.6 Å². The van der Waals surface area contributed by atoms with Gasteiger partial charge in [0.05, 0.1) is 0 Å². The second-order valence-corrected chi connectivity index (χ2v) is 4.84. The fourth-order valence-electron chi connectivity index (χ4n) is 1.63. The first-order valence-electron chi connectivity index (χ1n) is 5.64. The van der Waals surface area contributed by atoms with Gasteiger partial charge in [0.1, 0.15) is 0 Å². The van der Waals surface area contributed by atoms with Gasteiger partial charge in [-0.05, 0) is 34.9 Å². The lowest BCUT2D eigenvalue weighted by Crippen LogP contribution is -2.20. The SMILES string of the molecule is CC(=O)NCCC=Cc1ccc2ccsc2c1. The molecule has 0 saturated heterocycles. The first-order valence-corrected chi connectivity index (χ1v) is 6.52. The third kappa shape index (κ3) is 3.43. The lowest BCUT2D eigenvalue weighted by atomic mass is 10.1. The van der Waals surface area contributed by atoms with E-state index in [9.17, 15) is 4.79 Å². The molecule has 0 spiro atoms. The van der Waals surface area contributed by atoms with Gasteiger partial charge in [-0.15, -0.1) is 11.3 Å². The van der Waals surface area contributed by atoms with E-state index >= 15 is 0 Å². The first kappa shape index (κ1) is 11.9. The minimum absolute atomic E-state index is 0.0263. The minimum atomic E-state index is 0.0263. The maximum Gasteiger partial charge on any atom is 0.216 e. The Bertz CT molecular complexity index is 542. The molecule has 1 N–H and O–H groups in total. The topological polar surface area (TPSA) is 29.1 Å². The van der Waals surface area contributed by atoms with Gasteiger partial charge in [-0.2, -0.15) is 0 Å². The second kappa shape index (κ2) is 5.64. The van der Waals surface area contributed by atoms with Crippen molar-refractivity contribution >= 4 is 33.4 Å². The maximum atomic E-state index is 10.7. The summed E-state index contributed by atoms with van der Waals surface area (Å²) in [6.07, 6.45) is 5.05. The Hall–Kier alpha value is -1.61. The molecule has 0 unspecified atom stereocenters. The fraction of sp³-hybridized carbons (Fsp3) is 0.214. The maximum absolute atomic E-state index is 10.7. The summed E-state index contributed by atoms with van der Waals surface area (Å²) in [5.74, 6) is 0.0263. The van der Waals surface area contributed by atoms with Crippen LogP contribution in [0.5, 0.6) is 0 Å². The summed E-state index contributed by atoms with van der Waals surface area (Å²) >= 11 is 1.76. The Labute approximate surface area is 105 Å². The van der Waals surface area contributed by atoms with Crippen LogP contribution in [0.25, 0.3) is 16.2 Å². The van der Waals surface area contributed by atoms with Crippen molar-refractivity contribution in [3.05, 3.63) is 41.3 Å². The summed E-state index contributed by atoms with van der Waals surface area (Å²) in [6, 6.07) is 8.57. The number of rotatable bonds is 4. The molecule has 0 atom stereocenters. The van der Waals surface area contributed by atoms with Crippen LogP contribution in [-0.2, 0) is 4.79 Å². The largest absolute Gasteiger partial charge is 0.356 e. The molecule has 3 heteroatoms. The van der Waals surface area contributed by atoms with E-state index in [1.807, 2.05) is 0 Å². The van der Waals surface area contributed by atoms with E-state index in [1.54, 1.807) is 11.3 Å². The number of benzene rings is 1. The molecule has 0 aliphatic carbocycles. The van der Waals surface area contributed by atoms with E-state index < -0.39 is 0 Å². The number of carbonyl (C=O) groups excluding carboxylic acids is 1. The molecule has 0 bridgehead atoms. The van der Waals surface area contributed by atoms with Gasteiger partial charge in [0.2, 0.25) is 5.91 Å². The number of fused-ring (bicyclic) bond motifs is 1. The van der Waals surface area contributed by atoms with Crippen molar-refractivity contribution in [3.8, 4) is 0 Å². The van der Waals surface area contributed by atoms with E-state index in [-0.39, 0.29) is 5.91 Å². The zero-order valence-electron chi connectivity index (χ0n) is 9.77. The number of nitrogens with one attached hydrogen (secondary N) is 1. The van der Waals surface area contributed by atoms with Crippen LogP contribution in [0, 0.1) is 0 Å². The Morgan fingerprint density at radius 1 is 1.41 bits per heavy atom. The van der Waals surface area contributed by atoms with Crippen LogP contribution in [0.15, 0.2) is 35.7 Å². The molecule has 0 fully saturated rings. The van der Waals surface area contributed by atoms with E-state index in [0.29, 0.717) is 6.54 Å². The number of hydrogen-bond donors (Lipinski definition) is 1. The average Bonchev–Trinajstić information content (AvgIpc) is 2.75. The summed E-state index contributed by atoms with van der Waals surface area (Å²) in [5, 5.41) is 6.17. The molecular formula is C14H15NOS. The summed E-state index contributed by atoms with van der Waals surface area (Å²) in [5.41, 5.74) is 1.21. The van der Waals surface area contributed by atoms with Crippen LogP contribution in [-0.4, -0.2) is 12.5 Å². The molecule has 0 saturated carbocycles. The van der Waals surface area contributed by atoms with Gasteiger partial charge in [0.15, 0.2) is 0 Å². The Kier molecular flexibility index (Phi) is 3.94. The zero-order chi connectivity index (χ0) is 12.1. The molecule has 1 aromatic heterocycles. The molecule has 2 rings (SSSR count). The van der Waals surface area contributed by atoms with Crippen molar-refractivity contribution in [1.82, 2.24) is 5.32 Å². The molecular weight excluding hydrogens is 230 g/mol. The third-order valence-electron chi connectivity index (χ3n) is 2.48. The van der Waals surface area contributed by atoms with Crippen LogP contribution < -0.4 is 5.32 Å². The second-order valence-electron chi connectivity index (χ2n) is 3.89. The van der Waals surface area contributed by atoms with E-state index in [2.05, 4.69) is 47.1 Å². The quantitative estimate of drug-likeness (QED) is 0.821. The smallest absolute Gasteiger partial charge is 0.216 e. The normalized spacial score (nSPS) is 11.1. The number of hydrogen-bond acceptors (Lipinski definition) is 2. The predicted molar refractivity (Wildman–Crippen MR) is 74.2 cm³/mol. The lowest BCUT2D eigenvalue weighted by Gasteiger charge is -1.97. The van der Waals surface area contributed by atoms with Gasteiger partial charge in [-0.25, -0.2) is 0 Å². The molecule has 0 aliphatic rings. The monoisotopic (exact) mass is 245 g/mol. The van der Waals surface area contributed by atoms with E-state index in [4.69, 9.17) is 0 Å². The summed E-state index contributed by atoms with van der Waals surface area (Å²) in [6.45, 7) is 2.24. The highest BCUT2D eigenvalue weighted by Gasteiger charge is 1.94. The van der Waals surface area contributed by atoms with Crippen molar-refractivity contribution < 1.29 is 4.79 Å². The molecule has 88 valence electrons. The van der Waals surface area contributed by atoms with Crippen molar-refractivity contribution in [1.29, 1.82) is 0 Å². The number of carbonyl (C=O) groups is 1. The van der Waals surface area contributed by atoms with Gasteiger partial charge in [-0.1, -0.05) is 24.3 Å². The standard InChI is InChI=1S/C14H15NOS/c1-11(16)15-8-3-2-4-12-5-6-13-7-9-17-14(13)10-12/h2,4-7,9-10H,3,8H2,1H3,(H,15,16). The van der Waals surface area contributed by atoms with Crippen LogP contribution >= 0.6 is 11.3 Å². The third-order valence-corrected chi connectivity index (χ3v) is 3.36. The molecule has 2 aromatic rings. The molecule has 1 aromatic carbocycles. The predicted octanol–water partition coefficient (Wildman–Crippen LogP) is 3.44. The Morgan fingerprint density at radius 2 is 2.29 bits per heavy atom. The summed E-state index contributed by atoms with van der Waals surface area (Å²) in [7, 11) is 0. The Balaban J connectivity index is 1.93. The van der Waals surface area contributed by atoms with Gasteiger partial charge in [-0.3, -0.25) is 4.79 Å².